The second kappa shape index (κ2) is 4.87. The molecule has 0 heterocycles. The first-order chi connectivity index (χ1) is 8.16. The van der Waals surface area contributed by atoms with Crippen molar-refractivity contribution >= 4 is 5.78 Å². The number of rotatable bonds is 3. The minimum Gasteiger partial charge on any atom is -0.294 e. The van der Waals surface area contributed by atoms with Gasteiger partial charge in [0.25, 0.3) is 0 Å². The monoisotopic (exact) mass is 232 g/mol. The summed E-state index contributed by atoms with van der Waals surface area (Å²) in [7, 11) is 0. The number of benzene rings is 2. The van der Waals surface area contributed by atoms with Crippen molar-refractivity contribution in [3.63, 3.8) is 0 Å². The minimum atomic E-state index is -0.400. The fourth-order valence-corrected chi connectivity index (χ4v) is 1.55. The highest BCUT2D eigenvalue weighted by atomic mass is 19.1. The maximum absolute atomic E-state index is 13.3. The Morgan fingerprint density at radius 2 is 1.59 bits per heavy atom. The molecule has 0 saturated carbocycles. The van der Waals surface area contributed by atoms with Crippen LogP contribution in [0.4, 0.5) is 8.78 Å². The van der Waals surface area contributed by atoms with Crippen LogP contribution in [0.25, 0.3) is 0 Å². The molecule has 2 rings (SSSR count). The van der Waals surface area contributed by atoms with E-state index in [4.69, 9.17) is 0 Å². The van der Waals surface area contributed by atoms with Crippen LogP contribution in [0, 0.1) is 11.6 Å². The van der Waals surface area contributed by atoms with Gasteiger partial charge in [0.15, 0.2) is 5.78 Å². The summed E-state index contributed by atoms with van der Waals surface area (Å²) >= 11 is 0. The first kappa shape index (κ1) is 11.5. The van der Waals surface area contributed by atoms with Gasteiger partial charge < -0.3 is 0 Å². The number of ketones is 1. The first-order valence-corrected chi connectivity index (χ1v) is 5.19. The van der Waals surface area contributed by atoms with E-state index in [-0.39, 0.29) is 12.2 Å². The summed E-state index contributed by atoms with van der Waals surface area (Å²) in [6, 6.07) is 11.4. The fourth-order valence-electron chi connectivity index (χ4n) is 1.55. The minimum absolute atomic E-state index is 0.0156. The number of carbonyl (C=O) groups is 1. The van der Waals surface area contributed by atoms with Crippen LogP contribution in [0.2, 0.25) is 0 Å². The van der Waals surface area contributed by atoms with E-state index in [2.05, 4.69) is 0 Å². The molecule has 86 valence electrons. The Morgan fingerprint density at radius 1 is 0.941 bits per heavy atom. The third-order valence-corrected chi connectivity index (χ3v) is 2.48. The maximum Gasteiger partial charge on any atom is 0.167 e. The van der Waals surface area contributed by atoms with Crippen LogP contribution in [0.3, 0.4) is 0 Å². The number of hydrogen-bond donors (Lipinski definition) is 0. The maximum atomic E-state index is 13.3. The zero-order valence-electron chi connectivity index (χ0n) is 8.99. The van der Waals surface area contributed by atoms with Crippen molar-refractivity contribution in [2.45, 2.75) is 6.42 Å². The van der Waals surface area contributed by atoms with E-state index >= 15 is 0 Å². The van der Waals surface area contributed by atoms with Gasteiger partial charge in [-0.05, 0) is 35.9 Å². The zero-order chi connectivity index (χ0) is 12.3. The van der Waals surface area contributed by atoms with Gasteiger partial charge >= 0.3 is 0 Å². The molecule has 17 heavy (non-hydrogen) atoms. The first-order valence-electron chi connectivity index (χ1n) is 5.19. The number of hydrogen-bond acceptors (Lipinski definition) is 1. The lowest BCUT2D eigenvalue weighted by Crippen LogP contribution is -2.05. The molecule has 0 unspecified atom stereocenters. The lowest BCUT2D eigenvalue weighted by atomic mass is 10.0. The normalized spacial score (nSPS) is 10.2. The van der Waals surface area contributed by atoms with Gasteiger partial charge in [0, 0.05) is 12.0 Å². The van der Waals surface area contributed by atoms with Crippen molar-refractivity contribution in [2.24, 2.45) is 0 Å². The topological polar surface area (TPSA) is 17.1 Å². The molecule has 0 amide bonds. The molecule has 2 aromatic carbocycles. The molecular formula is C14H10F2O. The van der Waals surface area contributed by atoms with Crippen molar-refractivity contribution < 1.29 is 13.6 Å². The average Bonchev–Trinajstić information content (AvgIpc) is 2.33. The van der Waals surface area contributed by atoms with Crippen LogP contribution < -0.4 is 0 Å². The van der Waals surface area contributed by atoms with Crippen LogP contribution >= 0.6 is 0 Å². The summed E-state index contributed by atoms with van der Waals surface area (Å²) in [6.45, 7) is 0. The highest BCUT2D eigenvalue weighted by Gasteiger charge is 2.09. The summed E-state index contributed by atoms with van der Waals surface area (Å²) < 4.78 is 26.0. The van der Waals surface area contributed by atoms with Gasteiger partial charge in [-0.1, -0.05) is 18.2 Å². The van der Waals surface area contributed by atoms with Gasteiger partial charge in [0.2, 0.25) is 0 Å². The van der Waals surface area contributed by atoms with E-state index in [1.165, 1.54) is 30.3 Å². The molecule has 1 nitrogen and oxygen atoms in total. The molecule has 0 saturated heterocycles. The third kappa shape index (κ3) is 2.75. The van der Waals surface area contributed by atoms with Gasteiger partial charge in [0.05, 0.1) is 0 Å². The molecule has 0 radical (unpaired) electrons. The molecule has 0 aromatic heterocycles. The number of halogens is 2. The molecule has 0 aliphatic heterocycles. The van der Waals surface area contributed by atoms with Gasteiger partial charge in [-0.3, -0.25) is 4.79 Å². The van der Waals surface area contributed by atoms with E-state index in [1.54, 1.807) is 18.2 Å². The average molecular weight is 232 g/mol. The molecule has 0 bridgehead atoms. The van der Waals surface area contributed by atoms with Crippen molar-refractivity contribution in [3.8, 4) is 0 Å². The van der Waals surface area contributed by atoms with Crippen LogP contribution in [0.5, 0.6) is 0 Å². The van der Waals surface area contributed by atoms with Crippen molar-refractivity contribution in [3.05, 3.63) is 71.3 Å². The van der Waals surface area contributed by atoms with E-state index in [1.807, 2.05) is 0 Å². The third-order valence-electron chi connectivity index (χ3n) is 2.48. The Balaban J connectivity index is 2.17. The highest BCUT2D eigenvalue weighted by molar-refractivity contribution is 5.97. The molecular weight excluding hydrogens is 222 g/mol. The van der Waals surface area contributed by atoms with Gasteiger partial charge in [-0.2, -0.15) is 0 Å². The van der Waals surface area contributed by atoms with Gasteiger partial charge in [-0.15, -0.1) is 0 Å². The SMILES string of the molecule is O=C(Cc1ccccc1F)c1ccc(F)cc1. The van der Waals surface area contributed by atoms with Crippen LogP contribution in [-0.4, -0.2) is 5.78 Å². The molecule has 3 heteroatoms. The van der Waals surface area contributed by atoms with Crippen LogP contribution in [0.15, 0.2) is 48.5 Å². The Bertz CT molecular complexity index is 532. The van der Waals surface area contributed by atoms with E-state index in [9.17, 15) is 13.6 Å². The predicted octanol–water partition coefficient (Wildman–Crippen LogP) is 3.39. The Kier molecular flexibility index (Phi) is 3.28. The molecule has 0 aliphatic carbocycles. The van der Waals surface area contributed by atoms with Crippen molar-refractivity contribution in [2.75, 3.05) is 0 Å². The lowest BCUT2D eigenvalue weighted by Gasteiger charge is -2.02. The Morgan fingerprint density at radius 3 is 2.24 bits per heavy atom. The molecule has 0 atom stereocenters. The second-order valence-electron chi connectivity index (χ2n) is 3.70. The summed E-state index contributed by atoms with van der Waals surface area (Å²) in [4.78, 5) is 11.8. The summed E-state index contributed by atoms with van der Waals surface area (Å²) in [5.74, 6) is -1.02. The van der Waals surface area contributed by atoms with Crippen molar-refractivity contribution in [1.29, 1.82) is 0 Å². The molecule has 2 aromatic rings. The standard InChI is InChI=1S/C14H10F2O/c15-12-7-5-10(6-8-12)14(17)9-11-3-1-2-4-13(11)16/h1-8H,9H2. The second-order valence-corrected chi connectivity index (χ2v) is 3.70. The fraction of sp³-hybridized carbons (Fsp3) is 0.0714. The lowest BCUT2D eigenvalue weighted by molar-refractivity contribution is 0.0992. The van der Waals surface area contributed by atoms with Crippen LogP contribution in [0.1, 0.15) is 15.9 Å². The zero-order valence-corrected chi connectivity index (χ0v) is 8.99. The summed E-state index contributed by atoms with van der Waals surface area (Å²) in [5.41, 5.74) is 0.733. The highest BCUT2D eigenvalue weighted by Crippen LogP contribution is 2.11. The van der Waals surface area contributed by atoms with Gasteiger partial charge in [0.1, 0.15) is 11.6 Å². The summed E-state index contributed by atoms with van der Waals surface area (Å²) in [5, 5.41) is 0. The largest absolute Gasteiger partial charge is 0.294 e. The smallest absolute Gasteiger partial charge is 0.167 e. The molecule has 0 N–H and O–H groups in total. The molecule has 0 aliphatic rings. The Labute approximate surface area is 97.7 Å². The summed E-state index contributed by atoms with van der Waals surface area (Å²) in [6.07, 6.45) is -0.0156. The van der Waals surface area contributed by atoms with Gasteiger partial charge in [-0.25, -0.2) is 8.78 Å². The Hall–Kier alpha value is -2.03. The quantitative estimate of drug-likeness (QED) is 0.741. The number of carbonyl (C=O) groups excluding carboxylic acids is 1. The van der Waals surface area contributed by atoms with E-state index in [0.29, 0.717) is 11.1 Å². The molecule has 0 fully saturated rings. The molecule has 0 spiro atoms. The van der Waals surface area contributed by atoms with Crippen molar-refractivity contribution in [1.82, 2.24) is 0 Å². The number of Topliss-reactive ketones (excluding diaryl/α,β-unsaturated/α-hetero) is 1. The predicted molar refractivity (Wildman–Crippen MR) is 60.8 cm³/mol. The van der Waals surface area contributed by atoms with E-state index < -0.39 is 11.6 Å². The van der Waals surface area contributed by atoms with E-state index in [0.717, 1.165) is 0 Å². The van der Waals surface area contributed by atoms with Crippen LogP contribution in [-0.2, 0) is 6.42 Å².